The molecule has 0 unspecified atom stereocenters. The number of hydrogen-bond donors (Lipinski definition) is 2. The average Bonchev–Trinajstić information content (AvgIpc) is 3.27. The Bertz CT molecular complexity index is 1110. The van der Waals surface area contributed by atoms with E-state index in [9.17, 15) is 0 Å². The molecule has 0 amide bonds. The topological polar surface area (TPSA) is 104 Å². The Labute approximate surface area is 166 Å². The molecule has 3 aromatic rings. The number of rotatable bonds is 4. The van der Waals surface area contributed by atoms with Crippen molar-refractivity contribution < 1.29 is 4.74 Å². The molecule has 1 aliphatic heterocycles. The van der Waals surface area contributed by atoms with Crippen LogP contribution in [0.5, 0.6) is 5.75 Å². The van der Waals surface area contributed by atoms with Gasteiger partial charge >= 0.3 is 0 Å². The van der Waals surface area contributed by atoms with Gasteiger partial charge in [-0.1, -0.05) is 17.7 Å². The molecular weight excluding hydrogens is 376 g/mol. The number of halogens is 1. The van der Waals surface area contributed by atoms with Gasteiger partial charge in [0.25, 0.3) is 0 Å². The Morgan fingerprint density at radius 2 is 1.75 bits per heavy atom. The van der Waals surface area contributed by atoms with Crippen LogP contribution < -0.4 is 16.2 Å². The smallest absolute Gasteiger partial charge is 0.157 e. The quantitative estimate of drug-likeness (QED) is 0.711. The van der Waals surface area contributed by atoms with Crippen LogP contribution in [0.4, 0.5) is 0 Å². The van der Waals surface area contributed by atoms with Gasteiger partial charge in [-0.15, -0.1) is 10.2 Å². The van der Waals surface area contributed by atoms with E-state index < -0.39 is 0 Å². The number of benzene rings is 2. The third-order valence-corrected chi connectivity index (χ3v) is 4.53. The summed E-state index contributed by atoms with van der Waals surface area (Å²) in [5.74, 6) is 1.31. The molecule has 2 aromatic carbocycles. The van der Waals surface area contributed by atoms with Gasteiger partial charge in [-0.2, -0.15) is 5.10 Å². The van der Waals surface area contributed by atoms with Gasteiger partial charge in [-0.25, -0.2) is 4.68 Å². The SMILES string of the molecule is COc1ccc(-c2nn(-c3cccc(Cl)c3)cc2C=C2C(N)=NN=C2N)cc1. The summed E-state index contributed by atoms with van der Waals surface area (Å²) in [5.41, 5.74) is 15.7. The van der Waals surface area contributed by atoms with Crippen molar-refractivity contribution in [1.29, 1.82) is 0 Å². The van der Waals surface area contributed by atoms with Crippen molar-refractivity contribution in [2.24, 2.45) is 21.7 Å². The molecule has 0 radical (unpaired) electrons. The Kier molecular flexibility index (Phi) is 4.58. The molecule has 0 spiro atoms. The number of ether oxygens (including phenoxy) is 1. The van der Waals surface area contributed by atoms with Gasteiger partial charge in [0.1, 0.15) is 5.75 Å². The summed E-state index contributed by atoms with van der Waals surface area (Å²) in [6, 6.07) is 15.1. The largest absolute Gasteiger partial charge is 0.497 e. The second kappa shape index (κ2) is 7.21. The van der Waals surface area contributed by atoms with E-state index in [1.807, 2.05) is 60.8 Å². The van der Waals surface area contributed by atoms with Crippen molar-refractivity contribution in [1.82, 2.24) is 9.78 Å². The van der Waals surface area contributed by atoms with E-state index in [1.165, 1.54) is 0 Å². The second-order valence-electron chi connectivity index (χ2n) is 6.11. The highest BCUT2D eigenvalue weighted by Crippen LogP contribution is 2.28. The maximum Gasteiger partial charge on any atom is 0.157 e. The average molecular weight is 393 g/mol. The normalized spacial score (nSPS) is 13.3. The number of amidine groups is 2. The first-order chi connectivity index (χ1) is 13.5. The fourth-order valence-corrected chi connectivity index (χ4v) is 3.05. The van der Waals surface area contributed by atoms with E-state index in [4.69, 9.17) is 32.9 Å². The van der Waals surface area contributed by atoms with Gasteiger partial charge < -0.3 is 16.2 Å². The van der Waals surface area contributed by atoms with Gasteiger partial charge in [0.15, 0.2) is 11.7 Å². The standard InChI is InChI=1S/C20H17ClN6O/c1-28-16-7-5-12(6-8-16)18-13(9-17-19(22)24-25-20(17)23)11-27(26-18)15-4-2-3-14(21)10-15/h2-11H,1H3,(H2,22,24)(H2,23,25). The van der Waals surface area contributed by atoms with Crippen LogP contribution in [0.2, 0.25) is 5.02 Å². The second-order valence-corrected chi connectivity index (χ2v) is 6.55. The number of aromatic nitrogens is 2. The van der Waals surface area contributed by atoms with Gasteiger partial charge in [0.2, 0.25) is 0 Å². The molecule has 4 rings (SSSR count). The fraction of sp³-hybridized carbons (Fsp3) is 0.0500. The maximum atomic E-state index is 6.14. The van der Waals surface area contributed by atoms with Crippen LogP contribution >= 0.6 is 11.6 Å². The van der Waals surface area contributed by atoms with Crippen molar-refractivity contribution in [2.45, 2.75) is 0 Å². The highest BCUT2D eigenvalue weighted by atomic mass is 35.5. The first-order valence-electron chi connectivity index (χ1n) is 8.44. The van der Waals surface area contributed by atoms with E-state index >= 15 is 0 Å². The third kappa shape index (κ3) is 3.35. The lowest BCUT2D eigenvalue weighted by molar-refractivity contribution is 0.415. The lowest BCUT2D eigenvalue weighted by atomic mass is 10.1. The predicted molar refractivity (Wildman–Crippen MR) is 112 cm³/mol. The van der Waals surface area contributed by atoms with Crippen LogP contribution in [0, 0.1) is 0 Å². The summed E-state index contributed by atoms with van der Waals surface area (Å²) in [6.07, 6.45) is 3.72. The molecule has 8 heteroatoms. The van der Waals surface area contributed by atoms with E-state index in [1.54, 1.807) is 11.8 Å². The van der Waals surface area contributed by atoms with Crippen LogP contribution in [0.3, 0.4) is 0 Å². The summed E-state index contributed by atoms with van der Waals surface area (Å²) in [7, 11) is 1.63. The monoisotopic (exact) mass is 392 g/mol. The summed E-state index contributed by atoms with van der Waals surface area (Å²) in [5, 5.41) is 13.0. The zero-order chi connectivity index (χ0) is 19.7. The molecule has 7 nitrogen and oxygen atoms in total. The van der Waals surface area contributed by atoms with Gasteiger partial charge in [-0.3, -0.25) is 0 Å². The van der Waals surface area contributed by atoms with Crippen molar-refractivity contribution in [3.8, 4) is 22.7 Å². The minimum atomic E-state index is 0.272. The van der Waals surface area contributed by atoms with Gasteiger partial charge in [-0.05, 0) is 48.5 Å². The molecule has 2 heterocycles. The molecule has 0 atom stereocenters. The zero-order valence-corrected chi connectivity index (χ0v) is 15.8. The number of methoxy groups -OCH3 is 1. The van der Waals surface area contributed by atoms with Crippen LogP contribution in [0.1, 0.15) is 5.56 Å². The summed E-state index contributed by atoms with van der Waals surface area (Å²) in [4.78, 5) is 0. The van der Waals surface area contributed by atoms with Gasteiger partial charge in [0, 0.05) is 22.3 Å². The third-order valence-electron chi connectivity index (χ3n) is 4.30. The molecule has 0 aliphatic carbocycles. The van der Waals surface area contributed by atoms with Crippen LogP contribution in [0.15, 0.2) is 70.5 Å². The Balaban J connectivity index is 1.86. The predicted octanol–water partition coefficient (Wildman–Crippen LogP) is 3.23. The summed E-state index contributed by atoms with van der Waals surface area (Å²) < 4.78 is 7.00. The Morgan fingerprint density at radius 3 is 2.39 bits per heavy atom. The van der Waals surface area contributed by atoms with E-state index in [0.717, 1.165) is 28.3 Å². The molecule has 0 saturated carbocycles. The Hall–Kier alpha value is -3.58. The van der Waals surface area contributed by atoms with Crippen LogP contribution in [0.25, 0.3) is 23.0 Å². The van der Waals surface area contributed by atoms with Crippen LogP contribution in [-0.4, -0.2) is 28.6 Å². The molecule has 1 aliphatic rings. The van der Waals surface area contributed by atoms with Crippen LogP contribution in [-0.2, 0) is 0 Å². The minimum Gasteiger partial charge on any atom is -0.497 e. The first kappa shape index (κ1) is 17.8. The van der Waals surface area contributed by atoms with E-state index in [0.29, 0.717) is 10.6 Å². The molecule has 0 bridgehead atoms. The molecule has 0 fully saturated rings. The highest BCUT2D eigenvalue weighted by molar-refractivity contribution is 6.30. The number of nitrogens with two attached hydrogens (primary N) is 2. The highest BCUT2D eigenvalue weighted by Gasteiger charge is 2.18. The van der Waals surface area contributed by atoms with Gasteiger partial charge in [0.05, 0.1) is 24.1 Å². The zero-order valence-electron chi connectivity index (χ0n) is 15.0. The van der Waals surface area contributed by atoms with Crippen molar-refractivity contribution in [2.75, 3.05) is 7.11 Å². The molecule has 28 heavy (non-hydrogen) atoms. The molecule has 1 aromatic heterocycles. The number of hydrogen-bond acceptors (Lipinski definition) is 6. The Morgan fingerprint density at radius 1 is 1.04 bits per heavy atom. The fourth-order valence-electron chi connectivity index (χ4n) is 2.87. The molecule has 140 valence electrons. The molecule has 4 N–H and O–H groups in total. The molecule has 0 saturated heterocycles. The number of nitrogens with zero attached hydrogens (tertiary/aromatic N) is 4. The summed E-state index contributed by atoms with van der Waals surface area (Å²) >= 11 is 6.14. The van der Waals surface area contributed by atoms with E-state index in [2.05, 4.69) is 10.2 Å². The first-order valence-corrected chi connectivity index (χ1v) is 8.82. The summed E-state index contributed by atoms with van der Waals surface area (Å²) in [6.45, 7) is 0. The van der Waals surface area contributed by atoms with E-state index in [-0.39, 0.29) is 11.7 Å². The van der Waals surface area contributed by atoms with Crippen molar-refractivity contribution in [3.63, 3.8) is 0 Å². The minimum absolute atomic E-state index is 0.272. The van der Waals surface area contributed by atoms with Crippen molar-refractivity contribution in [3.05, 3.63) is 70.9 Å². The lowest BCUT2D eigenvalue weighted by Gasteiger charge is -2.03. The molecular formula is C20H17ClN6O. The maximum absolute atomic E-state index is 6.14. The van der Waals surface area contributed by atoms with Crippen molar-refractivity contribution >= 4 is 29.3 Å². The lowest BCUT2D eigenvalue weighted by Crippen LogP contribution is -2.21.